The van der Waals surface area contributed by atoms with Crippen LogP contribution in [-0.2, 0) is 12.3 Å². The molecule has 0 fully saturated rings. The van der Waals surface area contributed by atoms with Gasteiger partial charge in [-0.15, -0.1) is 21.8 Å². The quantitative estimate of drug-likeness (QED) is 0.764. The molecule has 0 aliphatic heterocycles. The standard InChI is InChI=1S/C13H14ClN3/c14-8-13-16-15-9-17(13)12-7-3-5-10-4-1-2-6-11(10)12/h1-2,4,6,9,12H,3,5,7-8H2. The number of hydrogen-bond donors (Lipinski definition) is 0. The van der Waals surface area contributed by atoms with Crippen molar-refractivity contribution < 1.29 is 0 Å². The van der Waals surface area contributed by atoms with Crippen LogP contribution in [0.4, 0.5) is 0 Å². The summed E-state index contributed by atoms with van der Waals surface area (Å²) in [4.78, 5) is 0. The fourth-order valence-electron chi connectivity index (χ4n) is 2.64. The Morgan fingerprint density at radius 1 is 1.35 bits per heavy atom. The predicted octanol–water partition coefficient (Wildman–Crippen LogP) is 2.94. The Morgan fingerprint density at radius 2 is 2.24 bits per heavy atom. The Kier molecular flexibility index (Phi) is 2.85. The number of hydrogen-bond acceptors (Lipinski definition) is 2. The number of halogens is 1. The number of aryl methyl sites for hydroxylation is 1. The Morgan fingerprint density at radius 3 is 3.12 bits per heavy atom. The number of rotatable bonds is 2. The van der Waals surface area contributed by atoms with Gasteiger partial charge in [-0.2, -0.15) is 0 Å². The molecule has 0 radical (unpaired) electrons. The summed E-state index contributed by atoms with van der Waals surface area (Å²) in [6.45, 7) is 0. The lowest BCUT2D eigenvalue weighted by Crippen LogP contribution is -2.18. The molecule has 2 aromatic rings. The lowest BCUT2D eigenvalue weighted by molar-refractivity contribution is 0.479. The zero-order valence-corrected chi connectivity index (χ0v) is 10.3. The maximum Gasteiger partial charge on any atom is 0.148 e. The molecule has 3 rings (SSSR count). The zero-order valence-electron chi connectivity index (χ0n) is 9.51. The molecule has 1 aromatic carbocycles. The van der Waals surface area contributed by atoms with Crippen molar-refractivity contribution in [2.45, 2.75) is 31.2 Å². The Balaban J connectivity index is 2.06. The smallest absolute Gasteiger partial charge is 0.148 e. The van der Waals surface area contributed by atoms with Gasteiger partial charge >= 0.3 is 0 Å². The first kappa shape index (κ1) is 10.8. The lowest BCUT2D eigenvalue weighted by atomic mass is 9.87. The van der Waals surface area contributed by atoms with Crippen molar-refractivity contribution in [3.05, 3.63) is 47.5 Å². The Bertz CT molecular complexity index is 521. The summed E-state index contributed by atoms with van der Waals surface area (Å²) in [6, 6.07) is 8.98. The van der Waals surface area contributed by atoms with Crippen LogP contribution in [0.2, 0.25) is 0 Å². The van der Waals surface area contributed by atoms with Crippen LogP contribution >= 0.6 is 11.6 Å². The van der Waals surface area contributed by atoms with Gasteiger partial charge in [0.25, 0.3) is 0 Å². The second-order valence-corrected chi connectivity index (χ2v) is 4.66. The summed E-state index contributed by atoms with van der Waals surface area (Å²) in [5.74, 6) is 1.27. The molecule has 1 unspecified atom stereocenters. The van der Waals surface area contributed by atoms with Crippen molar-refractivity contribution in [3.8, 4) is 0 Å². The van der Waals surface area contributed by atoms with E-state index in [1.807, 2.05) is 0 Å². The van der Waals surface area contributed by atoms with Gasteiger partial charge in [0.05, 0.1) is 11.9 Å². The van der Waals surface area contributed by atoms with Crippen LogP contribution < -0.4 is 0 Å². The molecule has 88 valence electrons. The number of alkyl halides is 1. The fraction of sp³-hybridized carbons (Fsp3) is 0.385. The van der Waals surface area contributed by atoms with E-state index in [0.717, 1.165) is 12.2 Å². The van der Waals surface area contributed by atoms with Gasteiger partial charge < -0.3 is 4.57 Å². The van der Waals surface area contributed by atoms with E-state index in [-0.39, 0.29) is 0 Å². The van der Waals surface area contributed by atoms with Gasteiger partial charge in [0.1, 0.15) is 12.2 Å². The Hall–Kier alpha value is -1.35. The molecule has 0 saturated carbocycles. The van der Waals surface area contributed by atoms with Crippen LogP contribution in [0.3, 0.4) is 0 Å². The number of nitrogens with zero attached hydrogens (tertiary/aromatic N) is 3. The van der Waals surface area contributed by atoms with Crippen LogP contribution in [0, 0.1) is 0 Å². The third-order valence-electron chi connectivity index (χ3n) is 3.44. The average Bonchev–Trinajstić information content (AvgIpc) is 2.86. The highest BCUT2D eigenvalue weighted by Gasteiger charge is 2.22. The van der Waals surface area contributed by atoms with E-state index in [4.69, 9.17) is 11.6 Å². The molecule has 0 N–H and O–H groups in total. The summed E-state index contributed by atoms with van der Waals surface area (Å²) in [5, 5.41) is 8.03. The zero-order chi connectivity index (χ0) is 11.7. The van der Waals surface area contributed by atoms with Gasteiger partial charge in [0.2, 0.25) is 0 Å². The predicted molar refractivity (Wildman–Crippen MR) is 67.1 cm³/mol. The van der Waals surface area contributed by atoms with Gasteiger partial charge in [-0.1, -0.05) is 24.3 Å². The highest BCUT2D eigenvalue weighted by Crippen LogP contribution is 2.33. The monoisotopic (exact) mass is 247 g/mol. The SMILES string of the molecule is ClCc1nncn1C1CCCc2ccccc21. The molecular weight excluding hydrogens is 234 g/mol. The molecule has 1 heterocycles. The third-order valence-corrected chi connectivity index (χ3v) is 3.68. The lowest BCUT2D eigenvalue weighted by Gasteiger charge is -2.27. The maximum atomic E-state index is 5.90. The molecular formula is C13H14ClN3. The summed E-state index contributed by atoms with van der Waals surface area (Å²) in [5.41, 5.74) is 2.84. The molecule has 17 heavy (non-hydrogen) atoms. The van der Waals surface area contributed by atoms with Crippen molar-refractivity contribution >= 4 is 11.6 Å². The van der Waals surface area contributed by atoms with E-state index >= 15 is 0 Å². The van der Waals surface area contributed by atoms with E-state index in [0.29, 0.717) is 11.9 Å². The first-order valence-corrected chi connectivity index (χ1v) is 6.45. The van der Waals surface area contributed by atoms with Crippen molar-refractivity contribution in [2.24, 2.45) is 0 Å². The molecule has 0 spiro atoms. The van der Waals surface area contributed by atoms with Crippen molar-refractivity contribution in [2.75, 3.05) is 0 Å². The minimum atomic E-state index is 0.351. The topological polar surface area (TPSA) is 30.7 Å². The van der Waals surface area contributed by atoms with Gasteiger partial charge in [-0.05, 0) is 30.4 Å². The van der Waals surface area contributed by atoms with Crippen LogP contribution in [0.5, 0.6) is 0 Å². The Labute approximate surface area is 105 Å². The van der Waals surface area contributed by atoms with E-state index in [1.54, 1.807) is 6.33 Å². The van der Waals surface area contributed by atoms with Crippen molar-refractivity contribution in [1.82, 2.24) is 14.8 Å². The largest absolute Gasteiger partial charge is 0.309 e. The summed E-state index contributed by atoms with van der Waals surface area (Å²) in [6.07, 6.45) is 5.32. The highest BCUT2D eigenvalue weighted by atomic mass is 35.5. The van der Waals surface area contributed by atoms with Crippen LogP contribution in [0.15, 0.2) is 30.6 Å². The number of benzene rings is 1. The fourth-order valence-corrected chi connectivity index (χ4v) is 2.83. The normalized spacial score (nSPS) is 19.0. The average molecular weight is 248 g/mol. The first-order chi connectivity index (χ1) is 8.40. The van der Waals surface area contributed by atoms with Crippen LogP contribution in [0.1, 0.15) is 35.8 Å². The molecule has 0 bridgehead atoms. The third kappa shape index (κ3) is 1.84. The molecule has 1 aliphatic rings. The second-order valence-electron chi connectivity index (χ2n) is 4.39. The highest BCUT2D eigenvalue weighted by molar-refractivity contribution is 6.16. The van der Waals surface area contributed by atoms with Gasteiger partial charge in [-0.3, -0.25) is 0 Å². The molecule has 4 heteroatoms. The van der Waals surface area contributed by atoms with Crippen molar-refractivity contribution in [1.29, 1.82) is 0 Å². The van der Waals surface area contributed by atoms with Crippen LogP contribution in [-0.4, -0.2) is 14.8 Å². The molecule has 1 aromatic heterocycles. The van der Waals surface area contributed by atoms with Crippen molar-refractivity contribution in [3.63, 3.8) is 0 Å². The summed E-state index contributed by atoms with van der Waals surface area (Å²) < 4.78 is 2.12. The van der Waals surface area contributed by atoms with Gasteiger partial charge in [-0.25, -0.2) is 0 Å². The van der Waals surface area contributed by atoms with E-state index in [9.17, 15) is 0 Å². The van der Waals surface area contributed by atoms with E-state index in [2.05, 4.69) is 39.0 Å². The summed E-state index contributed by atoms with van der Waals surface area (Å²) in [7, 11) is 0. The molecule has 0 amide bonds. The number of fused-ring (bicyclic) bond motifs is 1. The first-order valence-electron chi connectivity index (χ1n) is 5.92. The van der Waals surface area contributed by atoms with E-state index < -0.39 is 0 Å². The second kappa shape index (κ2) is 4.49. The van der Waals surface area contributed by atoms with Gasteiger partial charge in [0.15, 0.2) is 0 Å². The van der Waals surface area contributed by atoms with E-state index in [1.165, 1.54) is 24.0 Å². The van der Waals surface area contributed by atoms with Crippen LogP contribution in [0.25, 0.3) is 0 Å². The number of aromatic nitrogens is 3. The summed E-state index contributed by atoms with van der Waals surface area (Å²) >= 11 is 5.90. The molecule has 3 nitrogen and oxygen atoms in total. The minimum absolute atomic E-state index is 0.351. The van der Waals surface area contributed by atoms with Gasteiger partial charge in [0, 0.05) is 0 Å². The molecule has 1 aliphatic carbocycles. The minimum Gasteiger partial charge on any atom is -0.309 e. The maximum absolute atomic E-state index is 5.90. The molecule has 1 atom stereocenters. The molecule has 0 saturated heterocycles.